The van der Waals surface area contributed by atoms with E-state index < -0.39 is 0 Å². The summed E-state index contributed by atoms with van der Waals surface area (Å²) in [5, 5.41) is 0.787. The fourth-order valence-corrected chi connectivity index (χ4v) is 2.91. The molecule has 1 aromatic carbocycles. The molecule has 2 N–H and O–H groups in total. The monoisotopic (exact) mass is 268 g/mol. The van der Waals surface area contributed by atoms with Crippen LogP contribution in [0.5, 0.6) is 0 Å². The first kappa shape index (κ1) is 13.7. The van der Waals surface area contributed by atoms with Gasteiger partial charge in [-0.2, -0.15) is 0 Å². The number of nitrogens with zero attached hydrogens (tertiary/aromatic N) is 1. The summed E-state index contributed by atoms with van der Waals surface area (Å²) in [7, 11) is 0. The van der Waals surface area contributed by atoms with E-state index in [-0.39, 0.29) is 0 Å². The maximum atomic E-state index is 6.33. The zero-order valence-corrected chi connectivity index (χ0v) is 11.6. The molecule has 1 fully saturated rings. The average Bonchev–Trinajstić information content (AvgIpc) is 2.39. The Morgan fingerprint density at radius 1 is 1.50 bits per heavy atom. The number of ether oxygens (including phenoxy) is 1. The number of rotatable bonds is 4. The molecule has 1 aliphatic heterocycles. The van der Waals surface area contributed by atoms with Gasteiger partial charge in [-0.25, -0.2) is 0 Å². The lowest BCUT2D eigenvalue weighted by Gasteiger charge is -2.35. The third-order valence-corrected chi connectivity index (χ3v) is 3.69. The van der Waals surface area contributed by atoms with Crippen LogP contribution in [0.25, 0.3) is 0 Å². The number of hydrogen-bond acceptors (Lipinski definition) is 3. The van der Waals surface area contributed by atoms with Gasteiger partial charge in [-0.1, -0.05) is 23.7 Å². The van der Waals surface area contributed by atoms with E-state index in [2.05, 4.69) is 4.90 Å². The van der Waals surface area contributed by atoms with Crippen molar-refractivity contribution in [3.05, 3.63) is 28.8 Å². The number of benzene rings is 1. The van der Waals surface area contributed by atoms with Gasteiger partial charge < -0.3 is 15.4 Å². The number of anilines is 1. The molecule has 100 valence electrons. The summed E-state index contributed by atoms with van der Waals surface area (Å²) in [6.07, 6.45) is 2.58. The van der Waals surface area contributed by atoms with E-state index in [4.69, 9.17) is 22.1 Å². The predicted octanol–water partition coefficient (Wildman–Crippen LogP) is 2.80. The fourth-order valence-electron chi connectivity index (χ4n) is 2.59. The second kappa shape index (κ2) is 6.41. The molecule has 2 rings (SSSR count). The molecule has 0 spiro atoms. The molecule has 18 heavy (non-hydrogen) atoms. The molecule has 1 saturated heterocycles. The largest absolute Gasteiger partial charge is 0.377 e. The predicted molar refractivity (Wildman–Crippen MR) is 76.2 cm³/mol. The highest BCUT2D eigenvalue weighted by Crippen LogP contribution is 2.32. The number of piperidine rings is 1. The van der Waals surface area contributed by atoms with Gasteiger partial charge in [0.05, 0.1) is 16.8 Å². The van der Waals surface area contributed by atoms with Crippen LogP contribution in [-0.4, -0.2) is 25.8 Å². The Kier molecular flexibility index (Phi) is 4.87. The summed E-state index contributed by atoms with van der Waals surface area (Å²) in [6.45, 7) is 5.26. The molecule has 0 aromatic heterocycles. The van der Waals surface area contributed by atoms with Gasteiger partial charge in [0.15, 0.2) is 0 Å². The molecule has 0 saturated carbocycles. The second-order valence-electron chi connectivity index (χ2n) is 4.62. The van der Waals surface area contributed by atoms with Crippen molar-refractivity contribution in [2.24, 2.45) is 5.73 Å². The Bertz CT molecular complexity index is 395. The molecule has 0 bridgehead atoms. The van der Waals surface area contributed by atoms with Crippen molar-refractivity contribution in [3.63, 3.8) is 0 Å². The van der Waals surface area contributed by atoms with Crippen LogP contribution in [0.15, 0.2) is 18.2 Å². The highest BCUT2D eigenvalue weighted by atomic mass is 35.5. The van der Waals surface area contributed by atoms with Crippen LogP contribution in [0, 0.1) is 0 Å². The van der Waals surface area contributed by atoms with Crippen molar-refractivity contribution >= 4 is 17.3 Å². The molecule has 1 aliphatic rings. The Morgan fingerprint density at radius 2 is 2.33 bits per heavy atom. The van der Waals surface area contributed by atoms with Crippen LogP contribution < -0.4 is 10.6 Å². The van der Waals surface area contributed by atoms with Crippen molar-refractivity contribution in [2.45, 2.75) is 32.4 Å². The van der Waals surface area contributed by atoms with Gasteiger partial charge in [0.2, 0.25) is 0 Å². The Labute approximate surface area is 114 Å². The maximum Gasteiger partial charge on any atom is 0.0750 e. The van der Waals surface area contributed by atoms with Crippen molar-refractivity contribution in [1.82, 2.24) is 0 Å². The molecule has 3 nitrogen and oxygen atoms in total. The third kappa shape index (κ3) is 2.97. The summed E-state index contributed by atoms with van der Waals surface area (Å²) in [5.41, 5.74) is 8.00. The number of hydrogen-bond donors (Lipinski definition) is 1. The van der Waals surface area contributed by atoms with E-state index in [0.717, 1.165) is 48.8 Å². The van der Waals surface area contributed by atoms with Crippen molar-refractivity contribution in [1.29, 1.82) is 0 Å². The Morgan fingerprint density at radius 3 is 3.06 bits per heavy atom. The van der Waals surface area contributed by atoms with E-state index in [0.29, 0.717) is 12.6 Å². The summed E-state index contributed by atoms with van der Waals surface area (Å²) in [5.74, 6) is 0. The minimum Gasteiger partial charge on any atom is -0.377 e. The molecular formula is C14H21ClN2O. The first-order chi connectivity index (χ1) is 8.76. The standard InChI is InChI=1S/C14H21ClN2O/c1-2-18-12-6-4-8-17(10-12)14-11(9-16)5-3-7-13(14)15/h3,5,7,12H,2,4,6,8-10,16H2,1H3. The molecule has 1 aromatic rings. The quantitative estimate of drug-likeness (QED) is 0.913. The highest BCUT2D eigenvalue weighted by Gasteiger charge is 2.23. The van der Waals surface area contributed by atoms with Crippen LogP contribution in [0.3, 0.4) is 0 Å². The number of nitrogens with two attached hydrogens (primary N) is 1. The van der Waals surface area contributed by atoms with Gasteiger partial charge in [0, 0.05) is 26.2 Å². The van der Waals surface area contributed by atoms with Gasteiger partial charge in [-0.3, -0.25) is 0 Å². The van der Waals surface area contributed by atoms with Gasteiger partial charge >= 0.3 is 0 Å². The number of halogens is 1. The molecular weight excluding hydrogens is 248 g/mol. The first-order valence-electron chi connectivity index (χ1n) is 6.60. The Balaban J connectivity index is 2.20. The number of para-hydroxylation sites is 1. The van der Waals surface area contributed by atoms with Crippen molar-refractivity contribution < 1.29 is 4.74 Å². The SMILES string of the molecule is CCOC1CCCN(c2c(Cl)cccc2CN)C1. The lowest BCUT2D eigenvalue weighted by atomic mass is 10.0. The van der Waals surface area contributed by atoms with Gasteiger partial charge in [-0.05, 0) is 31.4 Å². The van der Waals surface area contributed by atoms with Crippen LogP contribution >= 0.6 is 11.6 Å². The van der Waals surface area contributed by atoms with Crippen molar-refractivity contribution in [3.8, 4) is 0 Å². The minimum absolute atomic E-state index is 0.311. The second-order valence-corrected chi connectivity index (χ2v) is 5.02. The van der Waals surface area contributed by atoms with E-state index in [9.17, 15) is 0 Å². The average molecular weight is 269 g/mol. The lowest BCUT2D eigenvalue weighted by molar-refractivity contribution is 0.0526. The van der Waals surface area contributed by atoms with Crippen LogP contribution in [0.2, 0.25) is 5.02 Å². The van der Waals surface area contributed by atoms with Crippen molar-refractivity contribution in [2.75, 3.05) is 24.6 Å². The lowest BCUT2D eigenvalue weighted by Crippen LogP contribution is -2.40. The van der Waals surface area contributed by atoms with Gasteiger partial charge in [0.25, 0.3) is 0 Å². The van der Waals surface area contributed by atoms with E-state index in [1.165, 1.54) is 0 Å². The van der Waals surface area contributed by atoms with Gasteiger partial charge in [-0.15, -0.1) is 0 Å². The third-order valence-electron chi connectivity index (χ3n) is 3.39. The normalized spacial score (nSPS) is 20.2. The molecule has 1 unspecified atom stereocenters. The summed E-state index contributed by atoms with van der Waals surface area (Å²) >= 11 is 6.33. The van der Waals surface area contributed by atoms with E-state index >= 15 is 0 Å². The first-order valence-corrected chi connectivity index (χ1v) is 6.98. The molecule has 4 heteroatoms. The summed E-state index contributed by atoms with van der Waals surface area (Å²) < 4.78 is 5.73. The van der Waals surface area contributed by atoms with Crippen LogP contribution in [0.4, 0.5) is 5.69 Å². The zero-order valence-electron chi connectivity index (χ0n) is 10.9. The molecule has 1 atom stereocenters. The topological polar surface area (TPSA) is 38.5 Å². The van der Waals surface area contributed by atoms with Gasteiger partial charge in [0.1, 0.15) is 0 Å². The molecule has 0 radical (unpaired) electrons. The summed E-state index contributed by atoms with van der Waals surface area (Å²) in [4.78, 5) is 2.31. The smallest absolute Gasteiger partial charge is 0.0750 e. The van der Waals surface area contributed by atoms with E-state index in [1.54, 1.807) is 0 Å². The maximum absolute atomic E-state index is 6.33. The fraction of sp³-hybridized carbons (Fsp3) is 0.571. The zero-order chi connectivity index (χ0) is 13.0. The molecule has 0 amide bonds. The highest BCUT2D eigenvalue weighted by molar-refractivity contribution is 6.33. The van der Waals surface area contributed by atoms with Crippen LogP contribution in [0.1, 0.15) is 25.3 Å². The van der Waals surface area contributed by atoms with E-state index in [1.807, 2.05) is 25.1 Å². The minimum atomic E-state index is 0.311. The Hall–Kier alpha value is -0.770. The van der Waals surface area contributed by atoms with Crippen LogP contribution in [-0.2, 0) is 11.3 Å². The molecule has 0 aliphatic carbocycles. The molecule has 1 heterocycles. The summed E-state index contributed by atoms with van der Waals surface area (Å²) in [6, 6.07) is 5.93.